The van der Waals surface area contributed by atoms with Crippen LogP contribution in [0.2, 0.25) is 5.02 Å². The van der Waals surface area contributed by atoms with Gasteiger partial charge in [0.2, 0.25) is 0 Å². The van der Waals surface area contributed by atoms with Gasteiger partial charge in [-0.05, 0) is 78.5 Å². The maximum atomic E-state index is 11.2. The first-order valence-electron chi connectivity index (χ1n) is 10.6. The zero-order valence-electron chi connectivity index (χ0n) is 18.0. The van der Waals surface area contributed by atoms with Crippen LogP contribution in [0.25, 0.3) is 0 Å². The first-order chi connectivity index (χ1) is 15.5. The fourth-order valence-electron chi connectivity index (χ4n) is 4.16. The number of aliphatic hydroxyl groups is 1. The minimum Gasteiger partial charge on any atom is -0.385 e. The van der Waals surface area contributed by atoms with E-state index < -0.39 is 5.60 Å². The van der Waals surface area contributed by atoms with Crippen LogP contribution in [-0.4, -0.2) is 27.7 Å². The van der Waals surface area contributed by atoms with Crippen molar-refractivity contribution >= 4 is 33.2 Å². The molecule has 1 aliphatic rings. The van der Waals surface area contributed by atoms with Gasteiger partial charge in [0.1, 0.15) is 6.07 Å². The number of anilines is 1. The Morgan fingerprint density at radius 3 is 2.50 bits per heavy atom. The highest BCUT2D eigenvalue weighted by Crippen LogP contribution is 2.40. The van der Waals surface area contributed by atoms with Crippen LogP contribution in [0.1, 0.15) is 43.7 Å². The summed E-state index contributed by atoms with van der Waals surface area (Å²) in [6.07, 6.45) is 10.4. The molecule has 1 saturated carbocycles. The van der Waals surface area contributed by atoms with E-state index in [1.165, 1.54) is 0 Å². The van der Waals surface area contributed by atoms with Gasteiger partial charge >= 0.3 is 0 Å². The number of benzene rings is 1. The summed E-state index contributed by atoms with van der Waals surface area (Å²) in [6, 6.07) is 15.5. The van der Waals surface area contributed by atoms with Crippen molar-refractivity contribution in [2.45, 2.75) is 44.2 Å². The summed E-state index contributed by atoms with van der Waals surface area (Å²) in [6.45, 7) is 2.92. The molecule has 32 heavy (non-hydrogen) atoms. The summed E-state index contributed by atoms with van der Waals surface area (Å²) in [4.78, 5) is 10.3. The third-order valence-electron chi connectivity index (χ3n) is 5.71. The van der Waals surface area contributed by atoms with Gasteiger partial charge in [0.05, 0.1) is 16.2 Å². The number of hydrogen-bond donors (Lipinski definition) is 1. The molecule has 1 N–H and O–H groups in total. The van der Waals surface area contributed by atoms with Crippen molar-refractivity contribution in [1.82, 2.24) is 9.97 Å². The Balaban J connectivity index is 0.000000352. The SMILES string of the molecule is Brc1cccnc1.CCN(c1ccc(C#N)c(Cl)c1)C1CCCC(O)(c2cccnc2)C1. The van der Waals surface area contributed by atoms with Crippen molar-refractivity contribution in [3.8, 4) is 6.07 Å². The number of pyridine rings is 2. The fraction of sp³-hybridized carbons (Fsp3) is 0.320. The van der Waals surface area contributed by atoms with Crippen LogP contribution >= 0.6 is 27.5 Å². The zero-order valence-corrected chi connectivity index (χ0v) is 20.3. The van der Waals surface area contributed by atoms with Gasteiger partial charge in [-0.25, -0.2) is 0 Å². The monoisotopic (exact) mass is 512 g/mol. The van der Waals surface area contributed by atoms with Crippen LogP contribution in [-0.2, 0) is 5.60 Å². The quantitative estimate of drug-likeness (QED) is 0.456. The number of halogens is 2. The maximum Gasteiger partial charge on any atom is 0.101 e. The predicted octanol–water partition coefficient (Wildman–Crippen LogP) is 6.11. The second kappa shape index (κ2) is 11.4. The van der Waals surface area contributed by atoms with Crippen molar-refractivity contribution in [2.75, 3.05) is 11.4 Å². The Kier molecular flexibility index (Phi) is 8.63. The Labute approximate surface area is 202 Å². The molecule has 7 heteroatoms. The number of aromatic nitrogens is 2. The Morgan fingerprint density at radius 1 is 1.22 bits per heavy atom. The molecule has 166 valence electrons. The smallest absolute Gasteiger partial charge is 0.101 e. The van der Waals surface area contributed by atoms with Crippen molar-refractivity contribution in [3.05, 3.63) is 87.9 Å². The lowest BCUT2D eigenvalue weighted by atomic mass is 9.77. The topological polar surface area (TPSA) is 73.0 Å². The van der Waals surface area contributed by atoms with Crippen molar-refractivity contribution in [1.29, 1.82) is 5.26 Å². The maximum absolute atomic E-state index is 11.2. The van der Waals surface area contributed by atoms with E-state index in [0.29, 0.717) is 17.0 Å². The van der Waals surface area contributed by atoms with Gasteiger partial charge in [0.15, 0.2) is 0 Å². The average Bonchev–Trinajstić information content (AvgIpc) is 2.81. The Morgan fingerprint density at radius 2 is 1.97 bits per heavy atom. The molecule has 0 spiro atoms. The molecule has 0 radical (unpaired) electrons. The molecule has 0 aliphatic heterocycles. The number of hydrogen-bond acceptors (Lipinski definition) is 5. The first-order valence-corrected chi connectivity index (χ1v) is 11.8. The fourth-order valence-corrected chi connectivity index (χ4v) is 4.65. The molecule has 0 bridgehead atoms. The lowest BCUT2D eigenvalue weighted by molar-refractivity contribution is -0.00851. The van der Waals surface area contributed by atoms with Gasteiger partial charge in [0, 0.05) is 59.5 Å². The molecule has 2 aromatic heterocycles. The third kappa shape index (κ3) is 6.07. The molecule has 0 saturated heterocycles. The number of nitriles is 1. The van der Waals surface area contributed by atoms with Gasteiger partial charge in [-0.15, -0.1) is 0 Å². The molecule has 2 unspecified atom stereocenters. The second-order valence-corrected chi connectivity index (χ2v) is 9.08. The van der Waals surface area contributed by atoms with E-state index in [1.807, 2.05) is 36.4 Å². The third-order valence-corrected chi connectivity index (χ3v) is 6.49. The summed E-state index contributed by atoms with van der Waals surface area (Å²) < 4.78 is 1.02. The molecule has 0 amide bonds. The minimum absolute atomic E-state index is 0.216. The van der Waals surface area contributed by atoms with Gasteiger partial charge in [-0.1, -0.05) is 17.7 Å². The highest BCUT2D eigenvalue weighted by molar-refractivity contribution is 9.10. The minimum atomic E-state index is -0.846. The van der Waals surface area contributed by atoms with Crippen LogP contribution in [0.5, 0.6) is 0 Å². The Bertz CT molecular complexity index is 1040. The van der Waals surface area contributed by atoms with Gasteiger partial charge in [-0.2, -0.15) is 5.26 Å². The number of nitrogens with zero attached hydrogens (tertiary/aromatic N) is 4. The summed E-state index contributed by atoms with van der Waals surface area (Å²) >= 11 is 9.46. The van der Waals surface area contributed by atoms with E-state index in [9.17, 15) is 5.11 Å². The molecule has 2 heterocycles. The van der Waals surface area contributed by atoms with Crippen LogP contribution in [0.4, 0.5) is 5.69 Å². The van der Waals surface area contributed by atoms with Gasteiger partial charge in [0.25, 0.3) is 0 Å². The van der Waals surface area contributed by atoms with Crippen molar-refractivity contribution < 1.29 is 5.11 Å². The van der Waals surface area contributed by atoms with Crippen LogP contribution in [0, 0.1) is 11.3 Å². The van der Waals surface area contributed by atoms with Crippen LogP contribution < -0.4 is 4.90 Å². The summed E-state index contributed by atoms with van der Waals surface area (Å²) in [5.41, 5.74) is 1.51. The van der Waals surface area contributed by atoms with E-state index in [2.05, 4.69) is 43.8 Å². The molecular formula is C25H26BrClN4O. The standard InChI is InChI=1S/C20H22ClN3O.C5H4BrN/c1-2-24(17-8-7-15(13-22)19(21)11-17)18-6-3-9-20(25,12-18)16-5-4-10-23-14-16;6-5-2-1-3-7-4-5/h4-5,7-8,10-11,14,18,25H,2-3,6,9,12H2,1H3;1-4H. The van der Waals surface area contributed by atoms with Crippen LogP contribution in [0.3, 0.4) is 0 Å². The van der Waals surface area contributed by atoms with Gasteiger partial charge in [-0.3, -0.25) is 9.97 Å². The first kappa shape index (κ1) is 24.2. The molecule has 1 aromatic carbocycles. The molecule has 1 fully saturated rings. The summed E-state index contributed by atoms with van der Waals surface area (Å²) in [7, 11) is 0. The highest BCUT2D eigenvalue weighted by atomic mass is 79.9. The lowest BCUT2D eigenvalue weighted by Gasteiger charge is -2.43. The summed E-state index contributed by atoms with van der Waals surface area (Å²) in [5.74, 6) is 0. The van der Waals surface area contributed by atoms with Crippen molar-refractivity contribution in [2.24, 2.45) is 0 Å². The second-order valence-electron chi connectivity index (χ2n) is 7.76. The van der Waals surface area contributed by atoms with E-state index >= 15 is 0 Å². The van der Waals surface area contributed by atoms with Gasteiger partial charge < -0.3 is 10.0 Å². The highest BCUT2D eigenvalue weighted by Gasteiger charge is 2.38. The summed E-state index contributed by atoms with van der Waals surface area (Å²) in [5, 5.41) is 20.7. The number of rotatable bonds is 4. The van der Waals surface area contributed by atoms with E-state index in [-0.39, 0.29) is 6.04 Å². The molecule has 5 nitrogen and oxygen atoms in total. The largest absolute Gasteiger partial charge is 0.385 e. The van der Waals surface area contributed by atoms with E-state index in [0.717, 1.165) is 41.5 Å². The average molecular weight is 514 g/mol. The predicted molar refractivity (Wildman–Crippen MR) is 132 cm³/mol. The molecule has 1 aliphatic carbocycles. The van der Waals surface area contributed by atoms with E-state index in [4.69, 9.17) is 16.9 Å². The van der Waals surface area contributed by atoms with E-state index in [1.54, 1.807) is 30.9 Å². The molecular weight excluding hydrogens is 488 g/mol. The molecule has 4 rings (SSSR count). The zero-order chi connectivity index (χ0) is 23.0. The molecule has 2 atom stereocenters. The lowest BCUT2D eigenvalue weighted by Crippen LogP contribution is -2.44. The molecule has 3 aromatic rings. The van der Waals surface area contributed by atoms with Crippen LogP contribution in [0.15, 0.2) is 71.7 Å². The van der Waals surface area contributed by atoms with Crippen molar-refractivity contribution in [3.63, 3.8) is 0 Å². The Hall–Kier alpha value is -2.46. The normalized spacial score (nSPS) is 19.9.